The molecule has 0 spiro atoms. The summed E-state index contributed by atoms with van der Waals surface area (Å²) in [6.07, 6.45) is 4.36. The number of H-pyrrole nitrogens is 1. The molecule has 0 aliphatic carbocycles. The number of sulfonamides is 1. The van der Waals surface area contributed by atoms with Gasteiger partial charge in [0.05, 0.1) is 6.61 Å². The summed E-state index contributed by atoms with van der Waals surface area (Å²) >= 11 is 0. The van der Waals surface area contributed by atoms with Crippen molar-refractivity contribution >= 4 is 10.0 Å². The van der Waals surface area contributed by atoms with Crippen molar-refractivity contribution in [3.8, 4) is 0 Å². The van der Waals surface area contributed by atoms with Gasteiger partial charge in [0.15, 0.2) is 5.03 Å². The van der Waals surface area contributed by atoms with Crippen molar-refractivity contribution in [2.45, 2.75) is 65.0 Å². The van der Waals surface area contributed by atoms with Crippen LogP contribution < -0.4 is 4.72 Å². The lowest BCUT2D eigenvalue weighted by molar-refractivity contribution is 0.277. The average Bonchev–Trinajstić information content (AvgIpc) is 2.79. The van der Waals surface area contributed by atoms with E-state index in [2.05, 4.69) is 21.8 Å². The molecule has 1 aromatic heterocycles. The highest BCUT2D eigenvalue weighted by atomic mass is 32.2. The Balaban J connectivity index is 2.72. The predicted octanol–water partition coefficient (Wildman–Crippen LogP) is 2.10. The molecular weight excluding hydrogens is 290 g/mol. The molecule has 0 saturated carbocycles. The van der Waals surface area contributed by atoms with Crippen LogP contribution in [0.1, 0.15) is 57.7 Å². The Morgan fingerprint density at radius 3 is 2.57 bits per heavy atom. The Morgan fingerprint density at radius 2 is 2.00 bits per heavy atom. The van der Waals surface area contributed by atoms with Gasteiger partial charge in [-0.15, -0.1) is 0 Å². The van der Waals surface area contributed by atoms with Gasteiger partial charge in [0.25, 0.3) is 10.0 Å². The fourth-order valence-corrected chi connectivity index (χ4v) is 3.56. The van der Waals surface area contributed by atoms with Crippen LogP contribution in [-0.2, 0) is 16.6 Å². The second kappa shape index (κ2) is 7.38. The lowest BCUT2D eigenvalue weighted by Gasteiger charge is -2.24. The second-order valence-corrected chi connectivity index (χ2v) is 7.92. The number of hydrogen-bond acceptors (Lipinski definition) is 4. The maximum Gasteiger partial charge on any atom is 0.260 e. The first-order valence-electron chi connectivity index (χ1n) is 7.38. The number of unbranched alkanes of at least 4 members (excludes halogenated alkanes) is 2. The van der Waals surface area contributed by atoms with Gasteiger partial charge in [0.1, 0.15) is 0 Å². The molecule has 1 heterocycles. The van der Waals surface area contributed by atoms with Gasteiger partial charge >= 0.3 is 0 Å². The van der Waals surface area contributed by atoms with E-state index in [0.717, 1.165) is 25.7 Å². The molecule has 1 aromatic rings. The topological polar surface area (TPSA) is 95.1 Å². The summed E-state index contributed by atoms with van der Waals surface area (Å²) in [5.74, 6) is 0. The molecule has 0 fully saturated rings. The first-order valence-corrected chi connectivity index (χ1v) is 8.86. The number of rotatable bonds is 9. The third-order valence-corrected chi connectivity index (χ3v) is 5.02. The van der Waals surface area contributed by atoms with E-state index in [1.165, 1.54) is 0 Å². The van der Waals surface area contributed by atoms with E-state index in [1.807, 2.05) is 13.8 Å². The Morgan fingerprint density at radius 1 is 1.33 bits per heavy atom. The van der Waals surface area contributed by atoms with Gasteiger partial charge in [0, 0.05) is 17.8 Å². The van der Waals surface area contributed by atoms with Crippen LogP contribution in [0.25, 0.3) is 0 Å². The van der Waals surface area contributed by atoms with E-state index in [1.54, 1.807) is 6.92 Å². The Labute approximate surface area is 127 Å². The molecule has 0 aliphatic rings. The van der Waals surface area contributed by atoms with Crippen molar-refractivity contribution in [3.05, 3.63) is 11.3 Å². The van der Waals surface area contributed by atoms with Crippen molar-refractivity contribution < 1.29 is 13.5 Å². The highest BCUT2D eigenvalue weighted by molar-refractivity contribution is 7.89. The van der Waals surface area contributed by atoms with Gasteiger partial charge in [-0.25, -0.2) is 13.1 Å². The largest absolute Gasteiger partial charge is 0.392 e. The van der Waals surface area contributed by atoms with E-state index in [0.29, 0.717) is 17.8 Å². The lowest BCUT2D eigenvalue weighted by Crippen LogP contribution is -2.34. The summed E-state index contributed by atoms with van der Waals surface area (Å²) in [5.41, 5.74) is 0.791. The molecule has 7 heteroatoms. The molecule has 3 N–H and O–H groups in total. The third kappa shape index (κ3) is 5.09. The zero-order valence-corrected chi connectivity index (χ0v) is 14.2. The van der Waals surface area contributed by atoms with Crippen molar-refractivity contribution in [2.24, 2.45) is 5.41 Å². The molecule has 21 heavy (non-hydrogen) atoms. The zero-order chi connectivity index (χ0) is 16.1. The number of aliphatic hydroxyl groups is 1. The molecule has 6 nitrogen and oxygen atoms in total. The second-order valence-electron chi connectivity index (χ2n) is 6.24. The monoisotopic (exact) mass is 317 g/mol. The van der Waals surface area contributed by atoms with Crippen LogP contribution in [0.3, 0.4) is 0 Å². The quantitative estimate of drug-likeness (QED) is 0.608. The maximum absolute atomic E-state index is 12.3. The molecule has 0 aromatic carbocycles. The first-order chi connectivity index (χ1) is 9.73. The highest BCUT2D eigenvalue weighted by Gasteiger charge is 2.26. The minimum Gasteiger partial charge on any atom is -0.392 e. The summed E-state index contributed by atoms with van der Waals surface area (Å²) in [5, 5.41) is 15.6. The van der Waals surface area contributed by atoms with Crippen molar-refractivity contribution in [3.63, 3.8) is 0 Å². The Bertz CT molecular complexity index is 550. The molecule has 0 unspecified atom stereocenters. The van der Waals surface area contributed by atoms with Crippen molar-refractivity contribution in [2.75, 3.05) is 6.54 Å². The molecular formula is C14H27N3O3S. The fourth-order valence-electron chi connectivity index (χ4n) is 2.14. The van der Waals surface area contributed by atoms with Crippen LogP contribution in [0.2, 0.25) is 0 Å². The van der Waals surface area contributed by atoms with Crippen LogP contribution in [0, 0.1) is 12.3 Å². The number of aromatic nitrogens is 2. The smallest absolute Gasteiger partial charge is 0.260 e. The fraction of sp³-hybridized carbons (Fsp3) is 0.786. The summed E-state index contributed by atoms with van der Waals surface area (Å²) < 4.78 is 27.2. The number of nitrogens with one attached hydrogen (secondary N) is 2. The van der Waals surface area contributed by atoms with E-state index in [-0.39, 0.29) is 17.0 Å². The zero-order valence-electron chi connectivity index (χ0n) is 13.4. The van der Waals surface area contributed by atoms with Crippen LogP contribution in [0.15, 0.2) is 5.03 Å². The van der Waals surface area contributed by atoms with Crippen molar-refractivity contribution in [1.82, 2.24) is 14.9 Å². The van der Waals surface area contributed by atoms with E-state index in [9.17, 15) is 13.5 Å². The molecule has 0 amide bonds. The maximum atomic E-state index is 12.3. The molecule has 122 valence electrons. The molecule has 0 atom stereocenters. The summed E-state index contributed by atoms with van der Waals surface area (Å²) in [7, 11) is -3.70. The number of hydrogen-bond donors (Lipinski definition) is 3. The number of aliphatic hydroxyl groups excluding tert-OH is 1. The van der Waals surface area contributed by atoms with Gasteiger partial charge in [0.2, 0.25) is 0 Å². The number of aromatic amines is 1. The molecule has 0 radical (unpaired) electrons. The SMILES string of the molecule is CCCCCC(C)(C)CNS(=O)(=O)c1n[nH]c(C)c1CO. The standard InChI is InChI=1S/C14H27N3O3S/c1-5-6-7-8-14(3,4)10-15-21(19,20)13-12(9-18)11(2)16-17-13/h15,18H,5-10H2,1-4H3,(H,16,17). The van der Waals surface area contributed by atoms with E-state index in [4.69, 9.17) is 0 Å². The predicted molar refractivity (Wildman–Crippen MR) is 82.4 cm³/mol. The van der Waals surface area contributed by atoms with Crippen LogP contribution >= 0.6 is 0 Å². The lowest BCUT2D eigenvalue weighted by atomic mass is 9.87. The number of nitrogens with zero attached hydrogens (tertiary/aromatic N) is 1. The summed E-state index contributed by atoms with van der Waals surface area (Å²) in [6, 6.07) is 0. The Kier molecular flexibility index (Phi) is 6.37. The third-order valence-electron chi connectivity index (χ3n) is 3.65. The molecule has 0 saturated heterocycles. The van der Waals surface area contributed by atoms with Gasteiger partial charge in [-0.1, -0.05) is 40.0 Å². The summed E-state index contributed by atoms with van der Waals surface area (Å²) in [6.45, 7) is 7.94. The first kappa shape index (κ1) is 18.1. The number of aryl methyl sites for hydroxylation is 1. The molecule has 1 rings (SSSR count). The molecule has 0 aliphatic heterocycles. The van der Waals surface area contributed by atoms with E-state index < -0.39 is 10.0 Å². The van der Waals surface area contributed by atoms with Crippen LogP contribution in [0.5, 0.6) is 0 Å². The van der Waals surface area contributed by atoms with Gasteiger partial charge in [-0.3, -0.25) is 5.10 Å². The highest BCUT2D eigenvalue weighted by Crippen LogP contribution is 2.24. The minimum absolute atomic E-state index is 0.104. The normalized spacial score (nSPS) is 12.8. The van der Waals surface area contributed by atoms with Crippen molar-refractivity contribution in [1.29, 1.82) is 0 Å². The van der Waals surface area contributed by atoms with Gasteiger partial charge in [-0.2, -0.15) is 5.10 Å². The van der Waals surface area contributed by atoms with E-state index >= 15 is 0 Å². The van der Waals surface area contributed by atoms with Gasteiger partial charge in [-0.05, 0) is 18.8 Å². The van der Waals surface area contributed by atoms with Crippen LogP contribution in [-0.4, -0.2) is 30.3 Å². The Hall–Kier alpha value is -0.920. The minimum atomic E-state index is -3.70. The van der Waals surface area contributed by atoms with Gasteiger partial charge < -0.3 is 5.11 Å². The molecule has 0 bridgehead atoms. The van der Waals surface area contributed by atoms with Crippen LogP contribution in [0.4, 0.5) is 0 Å². The average molecular weight is 317 g/mol. The summed E-state index contributed by atoms with van der Waals surface area (Å²) in [4.78, 5) is 0.